The zero-order valence-corrected chi connectivity index (χ0v) is 6.97. The Morgan fingerprint density at radius 1 is 1.64 bits per heavy atom. The van der Waals surface area contributed by atoms with E-state index in [2.05, 4.69) is 4.98 Å². The highest BCUT2D eigenvalue weighted by Gasteiger charge is 1.95. The standard InChI is InChI=1S/C8H9ClN2/c1-6(3-10)7-2-8(9)5-11-4-7/h2-5H,10H2,1H3/b6-3-. The lowest BCUT2D eigenvalue weighted by Gasteiger charge is -1.98. The lowest BCUT2D eigenvalue weighted by molar-refractivity contribution is 1.30. The summed E-state index contributed by atoms with van der Waals surface area (Å²) in [6.45, 7) is 1.91. The molecule has 2 nitrogen and oxygen atoms in total. The molecule has 1 rings (SSSR count). The van der Waals surface area contributed by atoms with Gasteiger partial charge in [0, 0.05) is 12.4 Å². The molecule has 0 aromatic carbocycles. The minimum absolute atomic E-state index is 0.628. The van der Waals surface area contributed by atoms with Crippen molar-refractivity contribution in [1.82, 2.24) is 4.98 Å². The summed E-state index contributed by atoms with van der Waals surface area (Å²) in [5, 5.41) is 0.628. The maximum Gasteiger partial charge on any atom is 0.0595 e. The van der Waals surface area contributed by atoms with Gasteiger partial charge in [-0.3, -0.25) is 4.98 Å². The van der Waals surface area contributed by atoms with Gasteiger partial charge >= 0.3 is 0 Å². The highest BCUT2D eigenvalue weighted by molar-refractivity contribution is 6.30. The molecule has 0 atom stereocenters. The first-order valence-corrected chi connectivity index (χ1v) is 3.61. The first-order chi connectivity index (χ1) is 5.24. The first-order valence-electron chi connectivity index (χ1n) is 3.23. The summed E-state index contributed by atoms with van der Waals surface area (Å²) >= 11 is 5.72. The second-order valence-corrected chi connectivity index (χ2v) is 2.68. The van der Waals surface area contributed by atoms with Gasteiger partial charge in [0.05, 0.1) is 5.02 Å². The predicted octanol–water partition coefficient (Wildman–Crippen LogP) is 2.05. The Balaban J connectivity index is 3.06. The highest BCUT2D eigenvalue weighted by Crippen LogP contribution is 2.15. The fourth-order valence-corrected chi connectivity index (χ4v) is 0.898. The van der Waals surface area contributed by atoms with Crippen molar-refractivity contribution in [3.63, 3.8) is 0 Å². The molecular weight excluding hydrogens is 160 g/mol. The van der Waals surface area contributed by atoms with Crippen LogP contribution in [0.3, 0.4) is 0 Å². The number of halogens is 1. The quantitative estimate of drug-likeness (QED) is 0.697. The number of pyridine rings is 1. The predicted molar refractivity (Wildman–Crippen MR) is 47.1 cm³/mol. The number of nitrogens with zero attached hydrogens (tertiary/aromatic N) is 1. The number of nitrogens with two attached hydrogens (primary N) is 1. The average molecular weight is 169 g/mol. The van der Waals surface area contributed by atoms with Crippen LogP contribution < -0.4 is 5.73 Å². The van der Waals surface area contributed by atoms with Crippen molar-refractivity contribution in [2.24, 2.45) is 5.73 Å². The van der Waals surface area contributed by atoms with E-state index in [0.29, 0.717) is 5.02 Å². The Kier molecular flexibility index (Phi) is 2.49. The number of hydrogen-bond acceptors (Lipinski definition) is 2. The second kappa shape index (κ2) is 3.39. The lowest BCUT2D eigenvalue weighted by Crippen LogP contribution is -1.86. The number of rotatable bonds is 1. The summed E-state index contributed by atoms with van der Waals surface area (Å²) in [5.41, 5.74) is 7.25. The molecular formula is C8H9ClN2. The summed E-state index contributed by atoms with van der Waals surface area (Å²) in [5.74, 6) is 0. The van der Waals surface area contributed by atoms with Crippen molar-refractivity contribution in [1.29, 1.82) is 0 Å². The Morgan fingerprint density at radius 3 is 2.91 bits per heavy atom. The summed E-state index contributed by atoms with van der Waals surface area (Å²) in [6, 6.07) is 1.83. The third kappa shape index (κ3) is 1.95. The van der Waals surface area contributed by atoms with E-state index < -0.39 is 0 Å². The zero-order valence-electron chi connectivity index (χ0n) is 6.21. The molecule has 0 unspecified atom stereocenters. The maximum atomic E-state index is 5.72. The van der Waals surface area contributed by atoms with E-state index in [1.807, 2.05) is 13.0 Å². The van der Waals surface area contributed by atoms with Crippen LogP contribution in [0.2, 0.25) is 5.02 Å². The van der Waals surface area contributed by atoms with Gasteiger partial charge in [0.25, 0.3) is 0 Å². The number of hydrogen-bond donors (Lipinski definition) is 1. The molecule has 0 aliphatic rings. The minimum Gasteiger partial charge on any atom is -0.404 e. The van der Waals surface area contributed by atoms with Gasteiger partial charge in [-0.25, -0.2) is 0 Å². The van der Waals surface area contributed by atoms with Crippen LogP contribution in [0, 0.1) is 0 Å². The van der Waals surface area contributed by atoms with Gasteiger partial charge in [0.15, 0.2) is 0 Å². The monoisotopic (exact) mass is 168 g/mol. The average Bonchev–Trinajstić information content (AvgIpc) is 2.03. The SMILES string of the molecule is C/C(=C/N)c1cncc(Cl)c1. The molecule has 0 fully saturated rings. The molecule has 0 radical (unpaired) electrons. The first kappa shape index (κ1) is 8.08. The van der Waals surface area contributed by atoms with Crippen LogP contribution in [0.4, 0.5) is 0 Å². The van der Waals surface area contributed by atoms with Crippen LogP contribution in [0.25, 0.3) is 5.57 Å². The number of aromatic nitrogens is 1. The van der Waals surface area contributed by atoms with E-state index in [-0.39, 0.29) is 0 Å². The van der Waals surface area contributed by atoms with Gasteiger partial charge in [0.2, 0.25) is 0 Å². The van der Waals surface area contributed by atoms with E-state index >= 15 is 0 Å². The van der Waals surface area contributed by atoms with E-state index in [1.165, 1.54) is 6.20 Å². The zero-order chi connectivity index (χ0) is 8.27. The van der Waals surface area contributed by atoms with E-state index in [0.717, 1.165) is 11.1 Å². The van der Waals surface area contributed by atoms with Gasteiger partial charge in [-0.05, 0) is 30.3 Å². The fraction of sp³-hybridized carbons (Fsp3) is 0.125. The van der Waals surface area contributed by atoms with Crippen molar-refractivity contribution in [3.05, 3.63) is 35.2 Å². The third-order valence-electron chi connectivity index (χ3n) is 1.41. The molecule has 0 aliphatic heterocycles. The summed E-state index contributed by atoms with van der Waals surface area (Å²) in [4.78, 5) is 3.92. The van der Waals surface area contributed by atoms with Crippen LogP contribution in [-0.2, 0) is 0 Å². The van der Waals surface area contributed by atoms with E-state index in [9.17, 15) is 0 Å². The summed E-state index contributed by atoms with van der Waals surface area (Å²) in [7, 11) is 0. The van der Waals surface area contributed by atoms with Crippen LogP contribution in [0.1, 0.15) is 12.5 Å². The van der Waals surface area contributed by atoms with Crippen molar-refractivity contribution < 1.29 is 0 Å². The van der Waals surface area contributed by atoms with Crippen molar-refractivity contribution in [2.45, 2.75) is 6.92 Å². The molecule has 0 spiro atoms. The minimum atomic E-state index is 0.628. The van der Waals surface area contributed by atoms with Crippen LogP contribution >= 0.6 is 11.6 Å². The molecule has 2 N–H and O–H groups in total. The van der Waals surface area contributed by atoms with E-state index in [4.69, 9.17) is 17.3 Å². The summed E-state index contributed by atoms with van der Waals surface area (Å²) in [6.07, 6.45) is 4.85. The molecule has 0 saturated carbocycles. The smallest absolute Gasteiger partial charge is 0.0595 e. The molecule has 11 heavy (non-hydrogen) atoms. The molecule has 1 aromatic heterocycles. The van der Waals surface area contributed by atoms with Gasteiger partial charge in [-0.2, -0.15) is 0 Å². The Bertz CT molecular complexity index is 281. The molecule has 0 bridgehead atoms. The number of allylic oxidation sites excluding steroid dienone is 1. The fourth-order valence-electron chi connectivity index (χ4n) is 0.724. The Hall–Kier alpha value is -1.02. The van der Waals surface area contributed by atoms with E-state index in [1.54, 1.807) is 12.4 Å². The van der Waals surface area contributed by atoms with Crippen molar-refractivity contribution in [2.75, 3.05) is 0 Å². The Labute approximate surface area is 70.7 Å². The molecule has 1 aromatic rings. The van der Waals surface area contributed by atoms with Crippen molar-refractivity contribution in [3.8, 4) is 0 Å². The van der Waals surface area contributed by atoms with Gasteiger partial charge < -0.3 is 5.73 Å². The normalized spacial score (nSPS) is 11.6. The second-order valence-electron chi connectivity index (χ2n) is 2.24. The third-order valence-corrected chi connectivity index (χ3v) is 1.62. The van der Waals surface area contributed by atoms with Gasteiger partial charge in [0.1, 0.15) is 0 Å². The van der Waals surface area contributed by atoms with Crippen LogP contribution in [0.15, 0.2) is 24.7 Å². The molecule has 3 heteroatoms. The Morgan fingerprint density at radius 2 is 2.36 bits per heavy atom. The van der Waals surface area contributed by atoms with Crippen LogP contribution in [-0.4, -0.2) is 4.98 Å². The molecule has 1 heterocycles. The maximum absolute atomic E-state index is 5.72. The highest BCUT2D eigenvalue weighted by atomic mass is 35.5. The van der Waals surface area contributed by atoms with Gasteiger partial charge in [-0.15, -0.1) is 0 Å². The van der Waals surface area contributed by atoms with Gasteiger partial charge in [-0.1, -0.05) is 11.6 Å². The van der Waals surface area contributed by atoms with Crippen molar-refractivity contribution >= 4 is 17.2 Å². The summed E-state index contributed by atoms with van der Waals surface area (Å²) < 4.78 is 0. The largest absolute Gasteiger partial charge is 0.404 e. The van der Waals surface area contributed by atoms with Crippen LogP contribution in [0.5, 0.6) is 0 Å². The lowest BCUT2D eigenvalue weighted by atomic mass is 10.1. The molecule has 0 saturated heterocycles. The molecule has 0 amide bonds. The molecule has 58 valence electrons. The topological polar surface area (TPSA) is 38.9 Å². The molecule has 0 aliphatic carbocycles.